The quantitative estimate of drug-likeness (QED) is 0.423. The first-order valence-electron chi connectivity index (χ1n) is 3.51. The normalized spacial score (nSPS) is 10.5. The van der Waals surface area contributed by atoms with Crippen LogP contribution in [0, 0.1) is 10.1 Å². The average molecular weight is 200 g/mol. The molecule has 0 bridgehead atoms. The van der Waals surface area contributed by atoms with Crippen LogP contribution in [-0.4, -0.2) is 18.2 Å². The summed E-state index contributed by atoms with van der Waals surface area (Å²) in [6.07, 6.45) is 2.13. The molecule has 0 saturated carbocycles. The summed E-state index contributed by atoms with van der Waals surface area (Å²) in [6, 6.07) is 1.53. The molecule has 1 aromatic rings. The molecule has 0 fully saturated rings. The van der Waals surface area contributed by atoms with Crippen molar-refractivity contribution in [2.75, 3.05) is 7.11 Å². The highest BCUT2D eigenvalue weighted by Gasteiger charge is 2.07. The van der Waals surface area contributed by atoms with Crippen LogP contribution in [0.1, 0.15) is 4.88 Å². The van der Waals surface area contributed by atoms with E-state index in [0.717, 1.165) is 4.88 Å². The van der Waals surface area contributed by atoms with E-state index >= 15 is 0 Å². The summed E-state index contributed by atoms with van der Waals surface area (Å²) >= 11 is 1.34. The van der Waals surface area contributed by atoms with E-state index in [-0.39, 0.29) is 5.69 Å². The first kappa shape index (κ1) is 9.66. The second-order valence-electron chi connectivity index (χ2n) is 2.20. The van der Waals surface area contributed by atoms with E-state index in [1.165, 1.54) is 29.9 Å². The van der Waals surface area contributed by atoms with Gasteiger partial charge >= 0.3 is 0 Å². The molecule has 0 atom stereocenters. The molecule has 1 aromatic heterocycles. The Hall–Kier alpha value is -1.43. The summed E-state index contributed by atoms with van der Waals surface area (Å²) < 4.78 is 0. The van der Waals surface area contributed by atoms with E-state index in [4.69, 9.17) is 0 Å². The van der Waals surface area contributed by atoms with Crippen molar-refractivity contribution in [1.29, 1.82) is 0 Å². The lowest BCUT2D eigenvalue weighted by Gasteiger charge is -1.85. The fourth-order valence-electron chi connectivity index (χ4n) is 0.774. The van der Waals surface area contributed by atoms with Crippen LogP contribution in [0.4, 0.5) is 5.69 Å². The summed E-state index contributed by atoms with van der Waals surface area (Å²) in [7, 11) is 1.45. The molecule has 0 spiro atoms. The molecular formula is C7H8N2O3S. The van der Waals surface area contributed by atoms with Gasteiger partial charge in [0.05, 0.1) is 10.3 Å². The Morgan fingerprint density at radius 2 is 2.62 bits per heavy atom. The largest absolute Gasteiger partial charge is 0.399 e. The van der Waals surface area contributed by atoms with Gasteiger partial charge in [-0.3, -0.25) is 10.1 Å². The lowest BCUT2D eigenvalue weighted by atomic mass is 10.3. The third-order valence-electron chi connectivity index (χ3n) is 1.32. The molecule has 0 N–H and O–H groups in total. The topological polar surface area (TPSA) is 64.7 Å². The van der Waals surface area contributed by atoms with Gasteiger partial charge in [0.1, 0.15) is 7.11 Å². The van der Waals surface area contributed by atoms with Crippen molar-refractivity contribution >= 4 is 23.2 Å². The Balaban J connectivity index is 2.59. The molecule has 0 unspecified atom stereocenters. The Bertz CT molecular complexity index is 321. The lowest BCUT2D eigenvalue weighted by molar-refractivity contribution is -0.384. The molecule has 13 heavy (non-hydrogen) atoms. The van der Waals surface area contributed by atoms with Gasteiger partial charge in [-0.1, -0.05) is 5.16 Å². The first-order valence-corrected chi connectivity index (χ1v) is 4.39. The first-order chi connectivity index (χ1) is 6.24. The van der Waals surface area contributed by atoms with Crippen LogP contribution >= 0.6 is 11.3 Å². The molecule has 0 aliphatic rings. The minimum Gasteiger partial charge on any atom is -0.399 e. The van der Waals surface area contributed by atoms with Gasteiger partial charge in [0.2, 0.25) is 0 Å². The second-order valence-corrected chi connectivity index (χ2v) is 3.20. The van der Waals surface area contributed by atoms with Crippen molar-refractivity contribution in [3.63, 3.8) is 0 Å². The minimum atomic E-state index is -0.409. The molecule has 5 nitrogen and oxygen atoms in total. The zero-order chi connectivity index (χ0) is 9.68. The van der Waals surface area contributed by atoms with Gasteiger partial charge in [0, 0.05) is 23.6 Å². The second kappa shape index (κ2) is 4.56. The van der Waals surface area contributed by atoms with Crippen LogP contribution in [0.25, 0.3) is 0 Å². The number of rotatable bonds is 4. The van der Waals surface area contributed by atoms with Crippen molar-refractivity contribution in [2.24, 2.45) is 5.16 Å². The van der Waals surface area contributed by atoms with Crippen LogP contribution in [0.2, 0.25) is 0 Å². The van der Waals surface area contributed by atoms with E-state index in [0.29, 0.717) is 6.42 Å². The number of thiophene rings is 1. The van der Waals surface area contributed by atoms with Gasteiger partial charge in [0.25, 0.3) is 5.69 Å². The van der Waals surface area contributed by atoms with E-state index in [1.807, 2.05) is 0 Å². The number of nitro groups is 1. The average Bonchev–Trinajstić information content (AvgIpc) is 2.53. The van der Waals surface area contributed by atoms with Crippen molar-refractivity contribution in [3.8, 4) is 0 Å². The van der Waals surface area contributed by atoms with Crippen molar-refractivity contribution < 1.29 is 9.76 Å². The SMILES string of the molecule is CON=CCc1cc([N+](=O)[O-])cs1. The smallest absolute Gasteiger partial charge is 0.280 e. The number of nitrogens with zero attached hydrogens (tertiary/aromatic N) is 2. The highest BCUT2D eigenvalue weighted by atomic mass is 32.1. The summed E-state index contributed by atoms with van der Waals surface area (Å²) in [5.74, 6) is 0. The fourth-order valence-corrected chi connectivity index (χ4v) is 1.56. The van der Waals surface area contributed by atoms with Gasteiger partial charge in [-0.25, -0.2) is 0 Å². The standard InChI is InChI=1S/C7H8N2O3S/c1-12-8-3-2-7-4-6(5-13-7)9(10)11/h3-5H,2H2,1H3. The minimum absolute atomic E-state index is 0.130. The molecule has 0 amide bonds. The maximum absolute atomic E-state index is 10.3. The molecule has 0 aromatic carbocycles. The van der Waals surface area contributed by atoms with E-state index in [1.54, 1.807) is 6.21 Å². The van der Waals surface area contributed by atoms with Gasteiger partial charge in [-0.15, -0.1) is 11.3 Å². The maximum atomic E-state index is 10.3. The molecule has 0 aliphatic carbocycles. The summed E-state index contributed by atoms with van der Waals surface area (Å²) in [5.41, 5.74) is 0.130. The van der Waals surface area contributed by atoms with Crippen LogP contribution in [-0.2, 0) is 11.3 Å². The fraction of sp³-hybridized carbons (Fsp3) is 0.286. The van der Waals surface area contributed by atoms with Gasteiger partial charge in [-0.2, -0.15) is 0 Å². The molecule has 0 aliphatic heterocycles. The summed E-state index contributed by atoms with van der Waals surface area (Å²) in [4.78, 5) is 15.2. The summed E-state index contributed by atoms with van der Waals surface area (Å²) in [6.45, 7) is 0. The number of hydrogen-bond donors (Lipinski definition) is 0. The van der Waals surface area contributed by atoms with Crippen molar-refractivity contribution in [3.05, 3.63) is 26.4 Å². The molecule has 1 rings (SSSR count). The summed E-state index contributed by atoms with van der Waals surface area (Å²) in [5, 5.41) is 15.3. The highest BCUT2D eigenvalue weighted by molar-refractivity contribution is 7.10. The lowest BCUT2D eigenvalue weighted by Crippen LogP contribution is -1.84. The molecule has 0 saturated heterocycles. The van der Waals surface area contributed by atoms with Gasteiger partial charge in [0.15, 0.2) is 0 Å². The third-order valence-corrected chi connectivity index (χ3v) is 2.27. The van der Waals surface area contributed by atoms with E-state index in [2.05, 4.69) is 9.99 Å². The van der Waals surface area contributed by atoms with Crippen LogP contribution < -0.4 is 0 Å². The zero-order valence-corrected chi connectivity index (χ0v) is 7.78. The van der Waals surface area contributed by atoms with Crippen LogP contribution in [0.3, 0.4) is 0 Å². The molecule has 1 heterocycles. The Morgan fingerprint density at radius 1 is 1.85 bits per heavy atom. The van der Waals surface area contributed by atoms with Crippen LogP contribution in [0.15, 0.2) is 16.6 Å². The molecule has 6 heteroatoms. The van der Waals surface area contributed by atoms with Crippen LogP contribution in [0.5, 0.6) is 0 Å². The molecule has 70 valence electrons. The predicted octanol–water partition coefficient (Wildman–Crippen LogP) is 1.83. The Labute approximate surface area is 78.8 Å². The molecular weight excluding hydrogens is 192 g/mol. The highest BCUT2D eigenvalue weighted by Crippen LogP contribution is 2.20. The Kier molecular flexibility index (Phi) is 3.39. The van der Waals surface area contributed by atoms with E-state index in [9.17, 15) is 10.1 Å². The third kappa shape index (κ3) is 2.83. The number of oxime groups is 1. The Morgan fingerprint density at radius 3 is 3.15 bits per heavy atom. The van der Waals surface area contributed by atoms with Gasteiger partial charge in [-0.05, 0) is 0 Å². The van der Waals surface area contributed by atoms with E-state index < -0.39 is 4.92 Å². The van der Waals surface area contributed by atoms with Gasteiger partial charge < -0.3 is 4.84 Å². The van der Waals surface area contributed by atoms with Crippen molar-refractivity contribution in [2.45, 2.75) is 6.42 Å². The maximum Gasteiger partial charge on any atom is 0.280 e. The number of hydrogen-bond acceptors (Lipinski definition) is 5. The molecule has 0 radical (unpaired) electrons. The predicted molar refractivity (Wildman–Crippen MR) is 50.2 cm³/mol. The monoisotopic (exact) mass is 200 g/mol. The zero-order valence-electron chi connectivity index (χ0n) is 6.97. The van der Waals surface area contributed by atoms with Crippen molar-refractivity contribution in [1.82, 2.24) is 0 Å².